The molecule has 0 bridgehead atoms. The molecular weight excluding hydrogens is 408 g/mol. The van der Waals surface area contributed by atoms with Gasteiger partial charge in [-0.3, -0.25) is 9.59 Å². The van der Waals surface area contributed by atoms with Gasteiger partial charge in [-0.05, 0) is 76.0 Å². The number of hydrogen-bond donors (Lipinski definition) is 2. The molecular formula is C24H30N4O4. The Hall–Kier alpha value is -3.26. The summed E-state index contributed by atoms with van der Waals surface area (Å²) in [6.07, 6.45) is 2.55. The van der Waals surface area contributed by atoms with Crippen LogP contribution in [0.15, 0.2) is 36.4 Å². The van der Waals surface area contributed by atoms with Gasteiger partial charge in [-0.15, -0.1) is 0 Å². The molecule has 1 aromatic heterocycles. The summed E-state index contributed by atoms with van der Waals surface area (Å²) >= 11 is 0. The number of pyridine rings is 1. The van der Waals surface area contributed by atoms with Crippen molar-refractivity contribution in [1.29, 1.82) is 0 Å². The van der Waals surface area contributed by atoms with Gasteiger partial charge in [-0.25, -0.2) is 9.78 Å². The molecule has 3 N–H and O–H groups in total. The number of aryl methyl sites for hydroxylation is 1. The van der Waals surface area contributed by atoms with Crippen LogP contribution in [-0.4, -0.2) is 53.9 Å². The summed E-state index contributed by atoms with van der Waals surface area (Å²) in [5, 5.41) is 2.84. The van der Waals surface area contributed by atoms with Crippen LogP contribution < -0.4 is 11.1 Å². The van der Waals surface area contributed by atoms with Crippen LogP contribution in [0.3, 0.4) is 0 Å². The molecule has 2 aromatic rings. The summed E-state index contributed by atoms with van der Waals surface area (Å²) in [7, 11) is 0. The zero-order valence-electron chi connectivity index (χ0n) is 18.6. The maximum absolute atomic E-state index is 12.5. The number of nitrogens with one attached hydrogen (secondary N) is 1. The second-order valence-electron chi connectivity index (χ2n) is 7.97. The SMILES string of the molecule is CCOC(=O)c1ccc(C(=O)Nc2ccc(CCN3CCC(C(N)=O)CC3)cc2)nc1C. The Labute approximate surface area is 188 Å². The lowest BCUT2D eigenvalue weighted by molar-refractivity contribution is -0.123. The number of amides is 2. The lowest BCUT2D eigenvalue weighted by Crippen LogP contribution is -2.39. The first kappa shape index (κ1) is 23.4. The Morgan fingerprint density at radius 2 is 1.81 bits per heavy atom. The Balaban J connectivity index is 1.51. The van der Waals surface area contributed by atoms with Crippen LogP contribution in [0.2, 0.25) is 0 Å². The van der Waals surface area contributed by atoms with Crippen LogP contribution in [0, 0.1) is 12.8 Å². The van der Waals surface area contributed by atoms with Gasteiger partial charge in [0.05, 0.1) is 17.9 Å². The van der Waals surface area contributed by atoms with E-state index in [0.717, 1.165) is 38.9 Å². The fraction of sp³-hybridized carbons (Fsp3) is 0.417. The predicted molar refractivity (Wildman–Crippen MR) is 121 cm³/mol. The molecule has 3 rings (SSSR count). The minimum absolute atomic E-state index is 0.00814. The molecule has 1 aromatic carbocycles. The molecule has 0 radical (unpaired) electrons. The van der Waals surface area contributed by atoms with Crippen molar-refractivity contribution in [2.45, 2.75) is 33.1 Å². The summed E-state index contributed by atoms with van der Waals surface area (Å²) in [4.78, 5) is 42.3. The van der Waals surface area contributed by atoms with Crippen molar-refractivity contribution >= 4 is 23.5 Å². The highest BCUT2D eigenvalue weighted by Gasteiger charge is 2.22. The minimum atomic E-state index is -0.447. The molecule has 0 saturated carbocycles. The summed E-state index contributed by atoms with van der Waals surface area (Å²) in [6, 6.07) is 10.8. The maximum atomic E-state index is 12.5. The number of carbonyl (C=O) groups excluding carboxylic acids is 3. The quantitative estimate of drug-likeness (QED) is 0.612. The number of nitrogens with two attached hydrogens (primary N) is 1. The van der Waals surface area contributed by atoms with Gasteiger partial charge in [-0.1, -0.05) is 12.1 Å². The van der Waals surface area contributed by atoms with Crippen LogP contribution >= 0.6 is 0 Å². The number of nitrogens with zero attached hydrogens (tertiary/aromatic N) is 2. The Kier molecular flexibility index (Phi) is 7.94. The van der Waals surface area contributed by atoms with E-state index in [1.54, 1.807) is 19.9 Å². The van der Waals surface area contributed by atoms with Crippen molar-refractivity contribution < 1.29 is 19.1 Å². The van der Waals surface area contributed by atoms with E-state index in [1.807, 2.05) is 24.3 Å². The summed E-state index contributed by atoms with van der Waals surface area (Å²) in [5.74, 6) is -0.970. The molecule has 1 aliphatic heterocycles. The summed E-state index contributed by atoms with van der Waals surface area (Å²) < 4.78 is 4.99. The number of ether oxygens (including phenoxy) is 1. The van der Waals surface area contributed by atoms with Crippen molar-refractivity contribution in [2.75, 3.05) is 31.6 Å². The largest absolute Gasteiger partial charge is 0.462 e. The van der Waals surface area contributed by atoms with E-state index in [1.165, 1.54) is 11.6 Å². The van der Waals surface area contributed by atoms with Crippen molar-refractivity contribution in [3.8, 4) is 0 Å². The van der Waals surface area contributed by atoms with E-state index in [0.29, 0.717) is 16.9 Å². The van der Waals surface area contributed by atoms with Gasteiger partial charge < -0.3 is 20.7 Å². The van der Waals surface area contributed by atoms with Crippen molar-refractivity contribution in [2.24, 2.45) is 11.7 Å². The van der Waals surface area contributed by atoms with Crippen LogP contribution in [-0.2, 0) is 16.0 Å². The molecule has 0 atom stereocenters. The molecule has 0 aliphatic carbocycles. The van der Waals surface area contributed by atoms with Crippen molar-refractivity contribution in [3.05, 3.63) is 58.9 Å². The third kappa shape index (κ3) is 6.13. The van der Waals surface area contributed by atoms with E-state index in [4.69, 9.17) is 10.5 Å². The minimum Gasteiger partial charge on any atom is -0.462 e. The van der Waals surface area contributed by atoms with Crippen molar-refractivity contribution in [3.63, 3.8) is 0 Å². The number of hydrogen-bond acceptors (Lipinski definition) is 6. The Morgan fingerprint density at radius 3 is 2.41 bits per heavy atom. The first-order chi connectivity index (χ1) is 15.4. The average molecular weight is 439 g/mol. The number of benzene rings is 1. The topological polar surface area (TPSA) is 115 Å². The fourth-order valence-electron chi connectivity index (χ4n) is 3.79. The van der Waals surface area contributed by atoms with Crippen LogP contribution in [0.4, 0.5) is 5.69 Å². The molecule has 1 aliphatic rings. The van der Waals surface area contributed by atoms with E-state index >= 15 is 0 Å². The normalized spacial score (nSPS) is 14.7. The van der Waals surface area contributed by atoms with Gasteiger partial charge in [0, 0.05) is 18.2 Å². The second kappa shape index (κ2) is 10.9. The molecule has 0 unspecified atom stereocenters. The van der Waals surface area contributed by atoms with Gasteiger partial charge in [0.2, 0.25) is 5.91 Å². The zero-order valence-corrected chi connectivity index (χ0v) is 18.6. The van der Waals surface area contributed by atoms with Gasteiger partial charge >= 0.3 is 5.97 Å². The molecule has 1 fully saturated rings. The molecule has 32 heavy (non-hydrogen) atoms. The Bertz CT molecular complexity index is 966. The standard InChI is InChI=1S/C24H30N4O4/c1-3-32-24(31)20-8-9-21(26-16(20)2)23(30)27-19-6-4-17(5-7-19)10-13-28-14-11-18(12-15-28)22(25)29/h4-9,18H,3,10-15H2,1-2H3,(H2,25,29)(H,27,30). The fourth-order valence-corrected chi connectivity index (χ4v) is 3.79. The smallest absolute Gasteiger partial charge is 0.339 e. The highest BCUT2D eigenvalue weighted by molar-refractivity contribution is 6.03. The van der Waals surface area contributed by atoms with E-state index in [-0.39, 0.29) is 30.0 Å². The monoisotopic (exact) mass is 438 g/mol. The Morgan fingerprint density at radius 1 is 1.12 bits per heavy atom. The van der Waals surface area contributed by atoms with Gasteiger partial charge in [0.25, 0.3) is 5.91 Å². The third-order valence-corrected chi connectivity index (χ3v) is 5.73. The molecule has 2 heterocycles. The number of carbonyl (C=O) groups is 3. The number of piperidine rings is 1. The molecule has 170 valence electrons. The maximum Gasteiger partial charge on any atom is 0.339 e. The summed E-state index contributed by atoms with van der Waals surface area (Å²) in [6.45, 7) is 6.40. The zero-order chi connectivity index (χ0) is 23.1. The molecule has 1 saturated heterocycles. The molecule has 2 amide bonds. The van der Waals surface area contributed by atoms with Crippen molar-refractivity contribution in [1.82, 2.24) is 9.88 Å². The second-order valence-corrected chi connectivity index (χ2v) is 7.97. The number of primary amides is 1. The van der Waals surface area contributed by atoms with E-state index < -0.39 is 5.97 Å². The van der Waals surface area contributed by atoms with Gasteiger partial charge in [0.15, 0.2) is 0 Å². The number of aromatic nitrogens is 1. The third-order valence-electron chi connectivity index (χ3n) is 5.73. The molecule has 8 heteroatoms. The lowest BCUT2D eigenvalue weighted by atomic mass is 9.96. The van der Waals surface area contributed by atoms with Crippen LogP contribution in [0.25, 0.3) is 0 Å². The number of anilines is 1. The molecule has 8 nitrogen and oxygen atoms in total. The number of esters is 1. The lowest BCUT2D eigenvalue weighted by Gasteiger charge is -2.30. The average Bonchev–Trinajstić information content (AvgIpc) is 2.79. The van der Waals surface area contributed by atoms with Gasteiger partial charge in [0.1, 0.15) is 5.69 Å². The first-order valence-corrected chi connectivity index (χ1v) is 10.9. The van der Waals surface area contributed by atoms with Crippen LogP contribution in [0.1, 0.15) is 51.9 Å². The van der Waals surface area contributed by atoms with Gasteiger partial charge in [-0.2, -0.15) is 0 Å². The highest BCUT2D eigenvalue weighted by Crippen LogP contribution is 2.18. The first-order valence-electron chi connectivity index (χ1n) is 10.9. The van der Waals surface area contributed by atoms with E-state index in [9.17, 15) is 14.4 Å². The highest BCUT2D eigenvalue weighted by atomic mass is 16.5. The predicted octanol–water partition coefficient (Wildman–Crippen LogP) is 2.56. The summed E-state index contributed by atoms with van der Waals surface area (Å²) in [5.41, 5.74) is 8.28. The number of rotatable bonds is 8. The number of likely N-dealkylation sites (tertiary alicyclic amines) is 1. The van der Waals surface area contributed by atoms with Crippen LogP contribution in [0.5, 0.6) is 0 Å². The molecule has 0 spiro atoms. The van der Waals surface area contributed by atoms with E-state index in [2.05, 4.69) is 15.2 Å².